The van der Waals surface area contributed by atoms with E-state index in [0.29, 0.717) is 18.7 Å². The van der Waals surface area contributed by atoms with Gasteiger partial charge in [-0.05, 0) is 37.5 Å². The maximum absolute atomic E-state index is 14.2. The summed E-state index contributed by atoms with van der Waals surface area (Å²) in [5, 5.41) is 10.3. The van der Waals surface area contributed by atoms with E-state index in [1.807, 2.05) is 4.90 Å². The van der Waals surface area contributed by atoms with Gasteiger partial charge in [-0.1, -0.05) is 22.9 Å². The van der Waals surface area contributed by atoms with E-state index in [-0.39, 0.29) is 54.4 Å². The lowest BCUT2D eigenvalue weighted by atomic mass is 9.73. The Kier molecular flexibility index (Phi) is 7.89. The Balaban J connectivity index is 1.52. The number of amides is 1. The number of benzene rings is 1. The highest BCUT2D eigenvalue weighted by molar-refractivity contribution is 7.89. The van der Waals surface area contributed by atoms with Crippen molar-refractivity contribution in [2.75, 3.05) is 26.2 Å². The highest BCUT2D eigenvalue weighted by Crippen LogP contribution is 2.44. The number of aryl methyl sites for hydroxylation is 1. The second-order valence-corrected chi connectivity index (χ2v) is 12.0. The summed E-state index contributed by atoms with van der Waals surface area (Å²) in [6, 6.07) is 3.75. The topological polar surface area (TPSA) is 100 Å². The molecule has 4 rings (SSSR count). The van der Waals surface area contributed by atoms with Crippen LogP contribution in [0.25, 0.3) is 0 Å². The molecule has 1 unspecified atom stereocenters. The zero-order valence-electron chi connectivity index (χ0n) is 20.6. The van der Waals surface area contributed by atoms with E-state index in [1.165, 1.54) is 33.4 Å². The minimum atomic E-state index is -3.84. The monoisotopic (exact) mass is 562 g/mol. The molecule has 0 radical (unpaired) electrons. The molecular formula is C23H30ClF3N6O3S. The van der Waals surface area contributed by atoms with Crippen molar-refractivity contribution < 1.29 is 26.4 Å². The number of rotatable bonds is 7. The molecule has 2 aliphatic rings. The summed E-state index contributed by atoms with van der Waals surface area (Å²) in [5.74, 6) is -3.28. The van der Waals surface area contributed by atoms with Crippen LogP contribution < -0.4 is 5.32 Å². The summed E-state index contributed by atoms with van der Waals surface area (Å²) in [5.41, 5.74) is -0.290. The number of aromatic nitrogens is 3. The van der Waals surface area contributed by atoms with Gasteiger partial charge in [-0.15, -0.1) is 5.10 Å². The van der Waals surface area contributed by atoms with Crippen molar-refractivity contribution in [2.45, 2.75) is 61.8 Å². The molecule has 1 saturated carbocycles. The second kappa shape index (κ2) is 10.5. The van der Waals surface area contributed by atoms with E-state index in [2.05, 4.69) is 15.6 Å². The molecule has 204 valence electrons. The fourth-order valence-corrected chi connectivity index (χ4v) is 6.88. The van der Waals surface area contributed by atoms with Crippen LogP contribution in [0.4, 0.5) is 13.2 Å². The third-order valence-corrected chi connectivity index (χ3v) is 9.56. The lowest BCUT2D eigenvalue weighted by Gasteiger charge is -2.53. The van der Waals surface area contributed by atoms with Crippen LogP contribution in [-0.2, 0) is 23.7 Å². The Morgan fingerprint density at radius 3 is 2.35 bits per heavy atom. The summed E-state index contributed by atoms with van der Waals surface area (Å²) < 4.78 is 69.8. The van der Waals surface area contributed by atoms with E-state index < -0.39 is 40.1 Å². The van der Waals surface area contributed by atoms with Crippen molar-refractivity contribution in [3.8, 4) is 0 Å². The summed E-state index contributed by atoms with van der Waals surface area (Å²) in [6.07, 6.45) is 0.920. The number of carbonyl (C=O) groups is 1. The summed E-state index contributed by atoms with van der Waals surface area (Å²) in [7, 11) is -2.26. The molecule has 1 aromatic carbocycles. The van der Waals surface area contributed by atoms with Gasteiger partial charge < -0.3 is 5.32 Å². The van der Waals surface area contributed by atoms with Crippen LogP contribution >= 0.6 is 11.6 Å². The normalized spacial score (nSPS) is 21.5. The van der Waals surface area contributed by atoms with Gasteiger partial charge in [0.15, 0.2) is 0 Å². The minimum Gasteiger partial charge on any atom is -0.348 e. The van der Waals surface area contributed by atoms with Crippen molar-refractivity contribution in [3.05, 3.63) is 40.5 Å². The minimum absolute atomic E-state index is 0.104. The lowest BCUT2D eigenvalue weighted by Crippen LogP contribution is -2.67. The molecule has 0 spiro atoms. The largest absolute Gasteiger partial charge is 0.348 e. The van der Waals surface area contributed by atoms with Gasteiger partial charge >= 0.3 is 0 Å². The van der Waals surface area contributed by atoms with Crippen molar-refractivity contribution in [3.63, 3.8) is 0 Å². The maximum atomic E-state index is 14.2. The molecule has 9 nitrogen and oxygen atoms in total. The van der Waals surface area contributed by atoms with Crippen LogP contribution in [-0.4, -0.2) is 82.2 Å². The molecule has 1 amide bonds. The first-order chi connectivity index (χ1) is 17.4. The molecule has 1 saturated heterocycles. The molecule has 1 aromatic heterocycles. The van der Waals surface area contributed by atoms with Crippen LogP contribution in [0.3, 0.4) is 0 Å². The van der Waals surface area contributed by atoms with Crippen molar-refractivity contribution in [1.82, 2.24) is 29.5 Å². The molecule has 2 aromatic rings. The lowest BCUT2D eigenvalue weighted by molar-refractivity contribution is -0.0948. The first-order valence-corrected chi connectivity index (χ1v) is 13.8. The number of carbonyl (C=O) groups excluding carboxylic acids is 1. The Hall–Kier alpha value is -2.22. The zero-order valence-corrected chi connectivity index (χ0v) is 22.2. The molecule has 1 aliphatic heterocycles. The molecule has 1 aliphatic carbocycles. The average molecular weight is 563 g/mol. The summed E-state index contributed by atoms with van der Waals surface area (Å²) in [4.78, 5) is 15.1. The van der Waals surface area contributed by atoms with Gasteiger partial charge in [0.05, 0.1) is 16.8 Å². The van der Waals surface area contributed by atoms with Crippen LogP contribution in [0.15, 0.2) is 29.4 Å². The number of piperazine rings is 1. The quantitative estimate of drug-likeness (QED) is 0.557. The smallest absolute Gasteiger partial charge is 0.264 e. The molecule has 2 fully saturated rings. The Morgan fingerprint density at radius 1 is 1.16 bits per heavy atom. The third kappa shape index (κ3) is 5.64. The van der Waals surface area contributed by atoms with Gasteiger partial charge in [0.2, 0.25) is 10.9 Å². The molecule has 37 heavy (non-hydrogen) atoms. The van der Waals surface area contributed by atoms with Gasteiger partial charge in [0, 0.05) is 57.6 Å². The zero-order chi connectivity index (χ0) is 27.0. The number of hydrogen-bond acceptors (Lipinski definition) is 6. The number of hydrogen-bond donors (Lipinski definition) is 1. The molecular weight excluding hydrogens is 533 g/mol. The number of nitrogens with zero attached hydrogens (tertiary/aromatic N) is 5. The van der Waals surface area contributed by atoms with E-state index >= 15 is 0 Å². The summed E-state index contributed by atoms with van der Waals surface area (Å²) >= 11 is 6.19. The Labute approximate surface area is 219 Å². The van der Waals surface area contributed by atoms with Gasteiger partial charge in [-0.2, -0.15) is 4.31 Å². The Morgan fingerprint density at radius 2 is 1.81 bits per heavy atom. The van der Waals surface area contributed by atoms with Gasteiger partial charge in [-0.25, -0.2) is 21.6 Å². The molecule has 1 atom stereocenters. The van der Waals surface area contributed by atoms with Crippen molar-refractivity contribution in [1.29, 1.82) is 0 Å². The molecule has 0 bridgehead atoms. The average Bonchev–Trinajstić information content (AvgIpc) is 3.31. The standard InChI is InChI=1S/C23H30ClF3N6O3S/c1-16(28-21(34)18-4-3-17(14-25)13-19(18)24)22(5-7-23(26,27)8-6-22)32-9-11-33(12-10-32)37(35,36)20-15-31(2)30-29-20/h3-4,13,15-16H,5-12,14H2,1-2H3,(H,28,34). The fourth-order valence-electron chi connectivity index (χ4n) is 5.26. The molecule has 14 heteroatoms. The predicted molar refractivity (Wildman–Crippen MR) is 131 cm³/mol. The number of nitrogens with one attached hydrogen (secondary N) is 1. The van der Waals surface area contributed by atoms with E-state index in [1.54, 1.807) is 14.0 Å². The SMILES string of the molecule is CC(NC(=O)c1ccc(CF)cc1Cl)C1(N2CCN(S(=O)(=O)c3cn(C)nn3)CC2)CCC(F)(F)CC1. The van der Waals surface area contributed by atoms with Gasteiger partial charge in [-0.3, -0.25) is 14.4 Å². The maximum Gasteiger partial charge on any atom is 0.264 e. The number of halogens is 4. The number of sulfonamides is 1. The van der Waals surface area contributed by atoms with Crippen LogP contribution in [0.1, 0.15) is 48.5 Å². The Bertz CT molecular complexity index is 1240. The van der Waals surface area contributed by atoms with Crippen LogP contribution in [0, 0.1) is 0 Å². The molecule has 2 heterocycles. The first-order valence-electron chi connectivity index (χ1n) is 12.0. The van der Waals surface area contributed by atoms with E-state index in [9.17, 15) is 26.4 Å². The first kappa shape index (κ1) is 27.8. The molecule has 1 N–H and O–H groups in total. The van der Waals surface area contributed by atoms with Crippen molar-refractivity contribution in [2.24, 2.45) is 7.05 Å². The van der Waals surface area contributed by atoms with E-state index in [0.717, 1.165) is 0 Å². The highest BCUT2D eigenvalue weighted by atomic mass is 35.5. The highest BCUT2D eigenvalue weighted by Gasteiger charge is 2.51. The predicted octanol–water partition coefficient (Wildman–Crippen LogP) is 3.01. The van der Waals surface area contributed by atoms with Crippen molar-refractivity contribution >= 4 is 27.5 Å². The van der Waals surface area contributed by atoms with Gasteiger partial charge in [0.25, 0.3) is 15.9 Å². The summed E-state index contributed by atoms with van der Waals surface area (Å²) in [6.45, 7) is 1.96. The second-order valence-electron chi connectivity index (χ2n) is 9.72. The van der Waals surface area contributed by atoms with Crippen LogP contribution in [0.2, 0.25) is 5.02 Å². The van der Waals surface area contributed by atoms with Crippen LogP contribution in [0.5, 0.6) is 0 Å². The van der Waals surface area contributed by atoms with Gasteiger partial charge in [0.1, 0.15) is 6.67 Å². The third-order valence-electron chi connectivity index (χ3n) is 7.49. The fraction of sp³-hybridized carbons (Fsp3) is 0.609. The van der Waals surface area contributed by atoms with E-state index in [4.69, 9.17) is 11.6 Å². The number of alkyl halides is 3.